The molecule has 1 atom stereocenters. The van der Waals surface area contributed by atoms with Gasteiger partial charge in [-0.05, 0) is 26.7 Å². The largest absolute Gasteiger partial charge is 0.356 e. The van der Waals surface area contributed by atoms with Gasteiger partial charge in [0.25, 0.3) is 5.69 Å². The Morgan fingerprint density at radius 1 is 1.18 bits per heavy atom. The first kappa shape index (κ1) is 18.5. The minimum Gasteiger partial charge on any atom is -0.356 e. The number of hydrogen-bond donors (Lipinski definition) is 0. The Balaban J connectivity index is 1.63. The summed E-state index contributed by atoms with van der Waals surface area (Å²) in [5.41, 5.74) is 2.62. The second-order valence-corrected chi connectivity index (χ2v) is 8.00. The summed E-state index contributed by atoms with van der Waals surface area (Å²) in [5, 5.41) is 14.4. The van der Waals surface area contributed by atoms with Gasteiger partial charge in [0, 0.05) is 59.5 Å². The molecule has 7 nitrogen and oxygen atoms in total. The number of nitrogens with zero attached hydrogens (tertiary/aromatic N) is 5. The van der Waals surface area contributed by atoms with E-state index in [1.54, 1.807) is 17.4 Å². The summed E-state index contributed by atoms with van der Waals surface area (Å²) in [5.74, 6) is 1.79. The Bertz CT molecular complexity index is 1020. The number of thiazole rings is 1. The lowest BCUT2D eigenvalue weighted by Gasteiger charge is -2.33. The van der Waals surface area contributed by atoms with Crippen LogP contribution in [0.25, 0.3) is 11.4 Å². The number of benzene rings is 1. The SMILES string of the molecule is Cc1cc(N2CCCC(c3nc(C)cs3)C2)nc(-c2cccc([N+](=O)[O-])c2)n1. The molecule has 0 saturated carbocycles. The molecular formula is C20H21N5O2S. The summed E-state index contributed by atoms with van der Waals surface area (Å²) < 4.78 is 0. The van der Waals surface area contributed by atoms with E-state index in [4.69, 9.17) is 4.98 Å². The van der Waals surface area contributed by atoms with Crippen molar-refractivity contribution in [2.75, 3.05) is 18.0 Å². The van der Waals surface area contributed by atoms with E-state index in [0.29, 0.717) is 17.3 Å². The van der Waals surface area contributed by atoms with Gasteiger partial charge in [0.1, 0.15) is 5.82 Å². The van der Waals surface area contributed by atoms with Gasteiger partial charge in [0.15, 0.2) is 5.82 Å². The van der Waals surface area contributed by atoms with Crippen molar-refractivity contribution in [3.8, 4) is 11.4 Å². The first-order chi connectivity index (χ1) is 13.5. The summed E-state index contributed by atoms with van der Waals surface area (Å²) in [6, 6.07) is 8.46. The molecule has 144 valence electrons. The first-order valence-electron chi connectivity index (χ1n) is 9.27. The predicted octanol–water partition coefficient (Wildman–Crippen LogP) is 4.51. The fourth-order valence-electron chi connectivity index (χ4n) is 3.55. The number of nitro benzene ring substituents is 1. The van der Waals surface area contributed by atoms with Crippen LogP contribution in [-0.4, -0.2) is 33.0 Å². The van der Waals surface area contributed by atoms with Crippen LogP contribution >= 0.6 is 11.3 Å². The van der Waals surface area contributed by atoms with E-state index in [1.165, 1.54) is 17.1 Å². The van der Waals surface area contributed by atoms with E-state index in [1.807, 2.05) is 26.0 Å². The third-order valence-corrected chi connectivity index (χ3v) is 6.01. The Morgan fingerprint density at radius 3 is 2.79 bits per heavy atom. The van der Waals surface area contributed by atoms with Crippen LogP contribution in [0.4, 0.5) is 11.5 Å². The second kappa shape index (κ2) is 7.63. The minimum absolute atomic E-state index is 0.0429. The lowest BCUT2D eigenvalue weighted by Crippen LogP contribution is -2.35. The van der Waals surface area contributed by atoms with Crippen LogP contribution < -0.4 is 4.90 Å². The average Bonchev–Trinajstić information content (AvgIpc) is 3.14. The Morgan fingerprint density at radius 2 is 2.04 bits per heavy atom. The molecule has 3 aromatic rings. The molecule has 0 radical (unpaired) electrons. The third kappa shape index (κ3) is 3.87. The summed E-state index contributed by atoms with van der Waals surface area (Å²) >= 11 is 1.73. The van der Waals surface area contributed by atoms with Crippen LogP contribution in [0.3, 0.4) is 0 Å². The molecule has 8 heteroatoms. The molecule has 1 aliphatic rings. The van der Waals surface area contributed by atoms with Crippen LogP contribution in [0.5, 0.6) is 0 Å². The summed E-state index contributed by atoms with van der Waals surface area (Å²) in [6.07, 6.45) is 2.21. The molecule has 28 heavy (non-hydrogen) atoms. The van der Waals surface area contributed by atoms with Gasteiger partial charge in [-0.2, -0.15) is 0 Å². The fraction of sp³-hybridized carbons (Fsp3) is 0.350. The van der Waals surface area contributed by atoms with E-state index in [2.05, 4.69) is 20.2 Å². The Kier molecular flexibility index (Phi) is 5.04. The zero-order valence-electron chi connectivity index (χ0n) is 15.8. The number of non-ortho nitro benzene ring substituents is 1. The Labute approximate surface area is 167 Å². The molecule has 1 saturated heterocycles. The number of piperidine rings is 1. The van der Waals surface area contributed by atoms with Crippen molar-refractivity contribution in [2.24, 2.45) is 0 Å². The van der Waals surface area contributed by atoms with Crippen molar-refractivity contribution >= 4 is 22.8 Å². The van der Waals surface area contributed by atoms with Gasteiger partial charge in [-0.3, -0.25) is 10.1 Å². The standard InChI is InChI=1S/C20H21N5O2S/c1-13-9-18(23-19(21-13)15-5-3-7-17(10-15)25(26)27)24-8-4-6-16(11-24)20-22-14(2)12-28-20/h3,5,7,9-10,12,16H,4,6,8,11H2,1-2H3. The smallest absolute Gasteiger partial charge is 0.270 e. The van der Waals surface area contributed by atoms with Crippen LogP contribution in [0.2, 0.25) is 0 Å². The average molecular weight is 395 g/mol. The predicted molar refractivity (Wildman–Crippen MR) is 110 cm³/mol. The van der Waals surface area contributed by atoms with Crippen LogP contribution in [0.15, 0.2) is 35.7 Å². The molecule has 0 aliphatic carbocycles. The van der Waals surface area contributed by atoms with Gasteiger partial charge < -0.3 is 4.90 Å². The quantitative estimate of drug-likeness (QED) is 0.477. The van der Waals surface area contributed by atoms with E-state index in [9.17, 15) is 10.1 Å². The molecule has 1 aliphatic heterocycles. The molecule has 0 amide bonds. The van der Waals surface area contributed by atoms with Crippen molar-refractivity contribution in [2.45, 2.75) is 32.6 Å². The van der Waals surface area contributed by atoms with E-state index in [0.717, 1.165) is 43.1 Å². The van der Waals surface area contributed by atoms with Gasteiger partial charge in [0.05, 0.1) is 9.93 Å². The normalized spacial score (nSPS) is 16.9. The maximum absolute atomic E-state index is 11.1. The Hall–Kier alpha value is -2.87. The van der Waals surface area contributed by atoms with E-state index < -0.39 is 4.92 Å². The zero-order chi connectivity index (χ0) is 19.7. The van der Waals surface area contributed by atoms with Crippen molar-refractivity contribution in [3.05, 3.63) is 62.2 Å². The monoisotopic (exact) mass is 395 g/mol. The van der Waals surface area contributed by atoms with Gasteiger partial charge in [-0.1, -0.05) is 12.1 Å². The number of anilines is 1. The van der Waals surface area contributed by atoms with E-state index >= 15 is 0 Å². The maximum atomic E-state index is 11.1. The lowest BCUT2D eigenvalue weighted by molar-refractivity contribution is -0.384. The molecule has 0 N–H and O–H groups in total. The van der Waals surface area contributed by atoms with Crippen molar-refractivity contribution in [1.82, 2.24) is 15.0 Å². The molecule has 2 aromatic heterocycles. The van der Waals surface area contributed by atoms with Gasteiger partial charge in [-0.25, -0.2) is 15.0 Å². The number of rotatable bonds is 4. The number of aryl methyl sites for hydroxylation is 2. The van der Waals surface area contributed by atoms with Crippen molar-refractivity contribution < 1.29 is 4.92 Å². The molecule has 0 bridgehead atoms. The molecule has 1 aromatic carbocycles. The second-order valence-electron chi connectivity index (χ2n) is 7.11. The number of aromatic nitrogens is 3. The molecule has 4 rings (SSSR count). The number of hydrogen-bond acceptors (Lipinski definition) is 7. The molecule has 1 fully saturated rings. The van der Waals surface area contributed by atoms with Crippen LogP contribution in [0, 0.1) is 24.0 Å². The topological polar surface area (TPSA) is 85.0 Å². The highest BCUT2D eigenvalue weighted by atomic mass is 32.1. The highest BCUT2D eigenvalue weighted by Crippen LogP contribution is 2.32. The van der Waals surface area contributed by atoms with Gasteiger partial charge in [-0.15, -0.1) is 11.3 Å². The van der Waals surface area contributed by atoms with Crippen molar-refractivity contribution in [3.63, 3.8) is 0 Å². The molecule has 3 heterocycles. The number of nitro groups is 1. The first-order valence-corrected chi connectivity index (χ1v) is 10.1. The van der Waals surface area contributed by atoms with Gasteiger partial charge >= 0.3 is 0 Å². The summed E-state index contributed by atoms with van der Waals surface area (Å²) in [7, 11) is 0. The highest BCUT2D eigenvalue weighted by Gasteiger charge is 2.25. The zero-order valence-corrected chi connectivity index (χ0v) is 16.6. The maximum Gasteiger partial charge on any atom is 0.270 e. The van der Waals surface area contributed by atoms with E-state index in [-0.39, 0.29) is 5.69 Å². The minimum atomic E-state index is -0.397. The highest BCUT2D eigenvalue weighted by molar-refractivity contribution is 7.09. The molecule has 1 unspecified atom stereocenters. The lowest BCUT2D eigenvalue weighted by atomic mass is 9.98. The molecular weight excluding hydrogens is 374 g/mol. The van der Waals surface area contributed by atoms with Crippen LogP contribution in [0.1, 0.15) is 35.2 Å². The van der Waals surface area contributed by atoms with Crippen molar-refractivity contribution in [1.29, 1.82) is 0 Å². The summed E-state index contributed by atoms with van der Waals surface area (Å²) in [6.45, 7) is 5.76. The van der Waals surface area contributed by atoms with Crippen LogP contribution in [-0.2, 0) is 0 Å². The molecule has 0 spiro atoms. The van der Waals surface area contributed by atoms with Gasteiger partial charge in [0.2, 0.25) is 0 Å². The third-order valence-electron chi connectivity index (χ3n) is 4.89. The summed E-state index contributed by atoms with van der Waals surface area (Å²) in [4.78, 5) is 26.9. The fourth-order valence-corrected chi connectivity index (χ4v) is 4.47.